The standard InChI is InChI=1S/C7H13O3/c1-6-3-10-7(4-8-2)5-9-6/h6-7H,1,3-5H2,2H3. The van der Waals surface area contributed by atoms with Gasteiger partial charge in [0, 0.05) is 7.11 Å². The van der Waals surface area contributed by atoms with Gasteiger partial charge in [0.1, 0.15) is 6.10 Å². The van der Waals surface area contributed by atoms with Crippen molar-refractivity contribution in [1.82, 2.24) is 0 Å². The molecule has 1 aliphatic rings. The molecule has 1 rings (SSSR count). The Balaban J connectivity index is 2.13. The van der Waals surface area contributed by atoms with Gasteiger partial charge in [-0.3, -0.25) is 0 Å². The lowest BCUT2D eigenvalue weighted by atomic mass is 10.3. The molecular weight excluding hydrogens is 132 g/mol. The molecule has 3 nitrogen and oxygen atoms in total. The van der Waals surface area contributed by atoms with Crippen LogP contribution in [0, 0.1) is 6.92 Å². The van der Waals surface area contributed by atoms with Gasteiger partial charge in [-0.15, -0.1) is 0 Å². The number of methoxy groups -OCH3 is 1. The molecule has 0 saturated carbocycles. The van der Waals surface area contributed by atoms with Gasteiger partial charge < -0.3 is 14.2 Å². The van der Waals surface area contributed by atoms with E-state index >= 15 is 0 Å². The Kier molecular flexibility index (Phi) is 3.12. The summed E-state index contributed by atoms with van der Waals surface area (Å²) >= 11 is 0. The van der Waals surface area contributed by atoms with Gasteiger partial charge in [-0.2, -0.15) is 0 Å². The van der Waals surface area contributed by atoms with Crippen LogP contribution in [0.5, 0.6) is 0 Å². The second kappa shape index (κ2) is 3.91. The van der Waals surface area contributed by atoms with Crippen molar-refractivity contribution in [2.75, 3.05) is 26.9 Å². The first kappa shape index (κ1) is 7.98. The minimum Gasteiger partial charge on any atom is -0.382 e. The van der Waals surface area contributed by atoms with Crippen LogP contribution in [0.25, 0.3) is 0 Å². The van der Waals surface area contributed by atoms with Crippen molar-refractivity contribution in [3.63, 3.8) is 0 Å². The predicted molar refractivity (Wildman–Crippen MR) is 36.7 cm³/mol. The molecule has 1 saturated heterocycles. The summed E-state index contributed by atoms with van der Waals surface area (Å²) in [6, 6.07) is 0. The lowest BCUT2D eigenvalue weighted by Gasteiger charge is -2.26. The average molecular weight is 145 g/mol. The van der Waals surface area contributed by atoms with Crippen molar-refractivity contribution in [3.8, 4) is 0 Å². The molecule has 0 aromatic heterocycles. The highest BCUT2D eigenvalue weighted by atomic mass is 16.6. The van der Waals surface area contributed by atoms with Crippen LogP contribution in [-0.2, 0) is 14.2 Å². The van der Waals surface area contributed by atoms with Gasteiger partial charge in [0.15, 0.2) is 0 Å². The van der Waals surface area contributed by atoms with E-state index < -0.39 is 0 Å². The third kappa shape index (κ3) is 2.25. The highest BCUT2D eigenvalue weighted by molar-refractivity contribution is 4.68. The van der Waals surface area contributed by atoms with Crippen LogP contribution in [0.15, 0.2) is 0 Å². The fourth-order valence-corrected chi connectivity index (χ4v) is 0.865. The largest absolute Gasteiger partial charge is 0.382 e. The van der Waals surface area contributed by atoms with Crippen LogP contribution in [0.1, 0.15) is 0 Å². The van der Waals surface area contributed by atoms with E-state index in [4.69, 9.17) is 14.2 Å². The Morgan fingerprint density at radius 1 is 1.50 bits per heavy atom. The molecule has 1 fully saturated rings. The van der Waals surface area contributed by atoms with Gasteiger partial charge in [0.2, 0.25) is 0 Å². The van der Waals surface area contributed by atoms with E-state index in [1.165, 1.54) is 0 Å². The predicted octanol–water partition coefficient (Wildman–Crippen LogP) is 0.251. The van der Waals surface area contributed by atoms with Crippen molar-refractivity contribution in [3.05, 3.63) is 6.92 Å². The quantitative estimate of drug-likeness (QED) is 0.557. The first-order valence-electron chi connectivity index (χ1n) is 3.38. The summed E-state index contributed by atoms with van der Waals surface area (Å²) < 4.78 is 15.4. The second-order valence-corrected chi connectivity index (χ2v) is 2.37. The van der Waals surface area contributed by atoms with Crippen LogP contribution in [0.3, 0.4) is 0 Å². The number of hydrogen-bond acceptors (Lipinski definition) is 3. The number of rotatable bonds is 2. The second-order valence-electron chi connectivity index (χ2n) is 2.37. The van der Waals surface area contributed by atoms with E-state index in [-0.39, 0.29) is 12.2 Å². The van der Waals surface area contributed by atoms with Crippen molar-refractivity contribution < 1.29 is 14.2 Å². The zero-order valence-corrected chi connectivity index (χ0v) is 6.21. The van der Waals surface area contributed by atoms with Crippen LogP contribution >= 0.6 is 0 Å². The Hall–Kier alpha value is -0.120. The molecule has 0 bridgehead atoms. The molecule has 3 heteroatoms. The summed E-state index contributed by atoms with van der Waals surface area (Å²) in [7, 11) is 1.65. The molecule has 0 spiro atoms. The van der Waals surface area contributed by atoms with Crippen molar-refractivity contribution >= 4 is 0 Å². The van der Waals surface area contributed by atoms with E-state index in [2.05, 4.69) is 6.92 Å². The normalized spacial score (nSPS) is 34.2. The minimum atomic E-state index is -0.00638. The summed E-state index contributed by atoms with van der Waals surface area (Å²) in [5.41, 5.74) is 0. The maximum Gasteiger partial charge on any atom is 0.104 e. The van der Waals surface area contributed by atoms with E-state index in [9.17, 15) is 0 Å². The Labute approximate surface area is 61.3 Å². The molecule has 0 aromatic rings. The summed E-state index contributed by atoms with van der Waals surface area (Å²) in [5, 5.41) is 0. The summed E-state index contributed by atoms with van der Waals surface area (Å²) in [6.45, 7) is 5.48. The van der Waals surface area contributed by atoms with E-state index in [1.807, 2.05) is 0 Å². The lowest BCUT2D eigenvalue weighted by Crippen LogP contribution is -2.36. The van der Waals surface area contributed by atoms with Gasteiger partial charge in [-0.25, -0.2) is 0 Å². The van der Waals surface area contributed by atoms with Crippen LogP contribution in [0.2, 0.25) is 0 Å². The fourth-order valence-electron chi connectivity index (χ4n) is 0.865. The van der Waals surface area contributed by atoms with Gasteiger partial charge in [-0.05, 0) is 6.92 Å². The van der Waals surface area contributed by atoms with E-state index in [1.54, 1.807) is 7.11 Å². The molecule has 59 valence electrons. The zero-order chi connectivity index (χ0) is 7.40. The Morgan fingerprint density at radius 3 is 2.80 bits per heavy atom. The molecule has 10 heavy (non-hydrogen) atoms. The summed E-state index contributed by atoms with van der Waals surface area (Å²) in [5.74, 6) is 0. The smallest absolute Gasteiger partial charge is 0.104 e. The van der Waals surface area contributed by atoms with Gasteiger partial charge in [0.25, 0.3) is 0 Å². The summed E-state index contributed by atoms with van der Waals surface area (Å²) in [6.07, 6.45) is 0.0936. The van der Waals surface area contributed by atoms with Crippen molar-refractivity contribution in [2.45, 2.75) is 12.2 Å². The molecular formula is C7H13O3. The Bertz CT molecular complexity index is 86.9. The molecule has 0 amide bonds. The van der Waals surface area contributed by atoms with Crippen molar-refractivity contribution in [2.24, 2.45) is 0 Å². The van der Waals surface area contributed by atoms with E-state index in [0.717, 1.165) is 0 Å². The number of hydrogen-bond donors (Lipinski definition) is 0. The highest BCUT2D eigenvalue weighted by Gasteiger charge is 2.18. The average Bonchev–Trinajstić information content (AvgIpc) is 1.95. The monoisotopic (exact) mass is 145 g/mol. The number of ether oxygens (including phenoxy) is 3. The third-order valence-corrected chi connectivity index (χ3v) is 1.39. The molecule has 1 aliphatic heterocycles. The third-order valence-electron chi connectivity index (χ3n) is 1.39. The van der Waals surface area contributed by atoms with Gasteiger partial charge in [-0.1, -0.05) is 0 Å². The first-order chi connectivity index (χ1) is 4.83. The van der Waals surface area contributed by atoms with Crippen LogP contribution in [0.4, 0.5) is 0 Å². The topological polar surface area (TPSA) is 27.7 Å². The fraction of sp³-hybridized carbons (Fsp3) is 0.857. The summed E-state index contributed by atoms with van der Waals surface area (Å²) in [4.78, 5) is 0. The zero-order valence-electron chi connectivity index (χ0n) is 6.21. The molecule has 0 N–H and O–H groups in total. The Morgan fingerprint density at radius 2 is 2.30 bits per heavy atom. The first-order valence-corrected chi connectivity index (χ1v) is 3.38. The maximum absolute atomic E-state index is 5.32. The van der Waals surface area contributed by atoms with Gasteiger partial charge in [0.05, 0.1) is 25.9 Å². The molecule has 1 radical (unpaired) electrons. The SMILES string of the molecule is [CH2]C1COC(COC)CO1. The van der Waals surface area contributed by atoms with Crippen LogP contribution in [-0.4, -0.2) is 39.1 Å². The van der Waals surface area contributed by atoms with Crippen LogP contribution < -0.4 is 0 Å². The maximum atomic E-state index is 5.32. The molecule has 2 atom stereocenters. The molecule has 1 heterocycles. The lowest BCUT2D eigenvalue weighted by molar-refractivity contribution is -0.134. The van der Waals surface area contributed by atoms with Crippen molar-refractivity contribution in [1.29, 1.82) is 0 Å². The van der Waals surface area contributed by atoms with E-state index in [0.29, 0.717) is 19.8 Å². The highest BCUT2D eigenvalue weighted by Crippen LogP contribution is 2.05. The molecule has 0 aliphatic carbocycles. The molecule has 0 aromatic carbocycles. The minimum absolute atomic E-state index is 0.00638. The van der Waals surface area contributed by atoms with Gasteiger partial charge >= 0.3 is 0 Å². The molecule has 2 unspecified atom stereocenters.